The van der Waals surface area contributed by atoms with Gasteiger partial charge in [-0.05, 0) is 12.1 Å². The molecule has 4 nitrogen and oxygen atoms in total. The number of nitrogens with one attached hydrogen (secondary N) is 2. The summed E-state index contributed by atoms with van der Waals surface area (Å²) in [7, 11) is 2.43. The summed E-state index contributed by atoms with van der Waals surface area (Å²) in [5.74, 6) is -0.0243. The summed E-state index contributed by atoms with van der Waals surface area (Å²) >= 11 is 0. The van der Waals surface area contributed by atoms with Gasteiger partial charge in [0.05, 0.1) is 18.4 Å². The third-order valence-corrected chi connectivity index (χ3v) is 3.28. The van der Waals surface area contributed by atoms with Gasteiger partial charge in [0.25, 0.3) is 0 Å². The number of hydrogen-bond acceptors (Lipinski definition) is 4. The fraction of sp³-hybridized carbons (Fsp3) is 0.429. The van der Waals surface area contributed by atoms with Gasteiger partial charge in [-0.2, -0.15) is 26.3 Å². The number of hydrogen-bond donors (Lipinski definition) is 2. The second-order valence-electron chi connectivity index (χ2n) is 4.95. The summed E-state index contributed by atoms with van der Waals surface area (Å²) in [5.41, 5.74) is -1.44. The van der Waals surface area contributed by atoms with Crippen molar-refractivity contribution < 1.29 is 35.8 Å². The summed E-state index contributed by atoms with van der Waals surface area (Å²) in [5, 5.41) is 4.74. The summed E-state index contributed by atoms with van der Waals surface area (Å²) in [4.78, 5) is 0. The summed E-state index contributed by atoms with van der Waals surface area (Å²) in [6.07, 6.45) is -9.41. The number of ether oxygens (including phenoxy) is 2. The van der Waals surface area contributed by atoms with Gasteiger partial charge in [0, 0.05) is 24.4 Å². The van der Waals surface area contributed by atoms with Crippen molar-refractivity contribution in [2.24, 2.45) is 0 Å². The topological polar surface area (TPSA) is 42.5 Å². The number of fused-ring (bicyclic) bond motifs is 1. The van der Waals surface area contributed by atoms with Crippen LogP contribution < -0.4 is 15.4 Å². The van der Waals surface area contributed by atoms with Gasteiger partial charge in [-0.15, -0.1) is 0 Å². The first kappa shape index (κ1) is 18.2. The maximum Gasteiger partial charge on any atom is 0.416 e. The van der Waals surface area contributed by atoms with Crippen molar-refractivity contribution in [3.63, 3.8) is 0 Å². The lowest BCUT2D eigenvalue weighted by Crippen LogP contribution is -2.28. The number of methoxy groups -OCH3 is 2. The SMILES string of the molecule is COc1cc2c(cc1NCC(F)(F)F)C(C(F)(F)F)=CC(OC)N2. The minimum absolute atomic E-state index is 0.0243. The van der Waals surface area contributed by atoms with E-state index in [1.54, 1.807) is 0 Å². The Kier molecular flexibility index (Phi) is 4.88. The number of halogens is 6. The predicted molar refractivity (Wildman–Crippen MR) is 76.0 cm³/mol. The summed E-state index contributed by atoms with van der Waals surface area (Å²) < 4.78 is 86.6. The lowest BCUT2D eigenvalue weighted by molar-refractivity contribution is -0.115. The Morgan fingerprint density at radius 2 is 1.79 bits per heavy atom. The van der Waals surface area contributed by atoms with Gasteiger partial charge in [0.2, 0.25) is 0 Å². The third-order valence-electron chi connectivity index (χ3n) is 3.28. The third kappa shape index (κ3) is 4.05. The van der Waals surface area contributed by atoms with Gasteiger partial charge in [0.1, 0.15) is 18.5 Å². The zero-order chi connectivity index (χ0) is 18.1. The van der Waals surface area contributed by atoms with Crippen molar-refractivity contribution in [3.8, 4) is 5.75 Å². The molecular formula is C14H14F6N2O2. The Bertz CT molecular complexity index is 639. The van der Waals surface area contributed by atoms with Crippen LogP contribution in [0.3, 0.4) is 0 Å². The van der Waals surface area contributed by atoms with Crippen LogP contribution in [0, 0.1) is 0 Å². The van der Waals surface area contributed by atoms with Crippen LogP contribution in [0.15, 0.2) is 18.2 Å². The lowest BCUT2D eigenvalue weighted by Gasteiger charge is -2.28. The average Bonchev–Trinajstić information content (AvgIpc) is 2.49. The van der Waals surface area contributed by atoms with E-state index >= 15 is 0 Å². The van der Waals surface area contributed by atoms with E-state index in [9.17, 15) is 26.3 Å². The average molecular weight is 356 g/mol. The van der Waals surface area contributed by atoms with E-state index in [4.69, 9.17) is 9.47 Å². The van der Waals surface area contributed by atoms with Crippen molar-refractivity contribution in [1.29, 1.82) is 0 Å². The number of alkyl halides is 6. The molecule has 10 heteroatoms. The monoisotopic (exact) mass is 356 g/mol. The van der Waals surface area contributed by atoms with Crippen molar-refractivity contribution in [3.05, 3.63) is 23.8 Å². The normalized spacial score (nSPS) is 17.7. The molecule has 0 radical (unpaired) electrons. The molecule has 1 atom stereocenters. The highest BCUT2D eigenvalue weighted by atomic mass is 19.4. The van der Waals surface area contributed by atoms with Gasteiger partial charge >= 0.3 is 12.4 Å². The minimum Gasteiger partial charge on any atom is -0.495 e. The van der Waals surface area contributed by atoms with Crippen LogP contribution in [-0.2, 0) is 4.74 Å². The standard InChI is InChI=1S/C14H14F6N2O2/c1-23-11-5-9-7(3-10(11)21-6-13(15,16)17)8(14(18,19)20)4-12(22-9)24-2/h3-5,12,21-22H,6H2,1-2H3. The summed E-state index contributed by atoms with van der Waals surface area (Å²) in [6, 6.07) is 2.16. The molecule has 2 rings (SSSR count). The molecule has 0 aliphatic carbocycles. The molecule has 1 unspecified atom stereocenters. The van der Waals surface area contributed by atoms with Crippen LogP contribution in [0.4, 0.5) is 37.7 Å². The molecule has 0 spiro atoms. The Hall–Kier alpha value is -2.10. The fourth-order valence-electron chi connectivity index (χ4n) is 2.23. The molecule has 1 aliphatic heterocycles. The van der Waals surface area contributed by atoms with E-state index in [0.717, 1.165) is 12.1 Å². The molecule has 24 heavy (non-hydrogen) atoms. The molecule has 0 saturated carbocycles. The molecule has 0 aromatic heterocycles. The first-order valence-electron chi connectivity index (χ1n) is 6.66. The van der Waals surface area contributed by atoms with Gasteiger partial charge in [-0.3, -0.25) is 0 Å². The van der Waals surface area contributed by atoms with E-state index < -0.39 is 30.7 Å². The van der Waals surface area contributed by atoms with Crippen molar-refractivity contribution in [1.82, 2.24) is 0 Å². The van der Waals surface area contributed by atoms with E-state index in [0.29, 0.717) is 0 Å². The fourth-order valence-corrected chi connectivity index (χ4v) is 2.23. The van der Waals surface area contributed by atoms with Crippen LogP contribution in [0.25, 0.3) is 5.57 Å². The Labute approximate surface area is 133 Å². The van der Waals surface area contributed by atoms with Crippen LogP contribution in [0.5, 0.6) is 5.75 Å². The van der Waals surface area contributed by atoms with Crippen LogP contribution in [0.2, 0.25) is 0 Å². The largest absolute Gasteiger partial charge is 0.495 e. The Morgan fingerprint density at radius 1 is 1.12 bits per heavy atom. The predicted octanol–water partition coefficient (Wildman–Crippen LogP) is 4.01. The molecule has 0 amide bonds. The molecule has 134 valence electrons. The lowest BCUT2D eigenvalue weighted by atomic mass is 9.98. The molecular weight excluding hydrogens is 342 g/mol. The maximum atomic E-state index is 13.2. The number of allylic oxidation sites excluding steroid dienone is 1. The summed E-state index contributed by atoms with van der Waals surface area (Å²) in [6.45, 7) is -1.40. The second kappa shape index (κ2) is 6.42. The molecule has 0 saturated heterocycles. The zero-order valence-electron chi connectivity index (χ0n) is 12.6. The van der Waals surface area contributed by atoms with E-state index in [-0.39, 0.29) is 22.7 Å². The highest BCUT2D eigenvalue weighted by molar-refractivity contribution is 5.86. The first-order valence-corrected chi connectivity index (χ1v) is 6.66. The molecule has 0 bridgehead atoms. The molecule has 1 heterocycles. The molecule has 0 fully saturated rings. The van der Waals surface area contributed by atoms with Crippen LogP contribution in [0.1, 0.15) is 5.56 Å². The molecule has 1 aromatic rings. The zero-order valence-corrected chi connectivity index (χ0v) is 12.6. The molecule has 1 aliphatic rings. The molecule has 1 aromatic carbocycles. The van der Waals surface area contributed by atoms with Crippen LogP contribution >= 0.6 is 0 Å². The van der Waals surface area contributed by atoms with E-state index in [2.05, 4.69) is 5.32 Å². The van der Waals surface area contributed by atoms with Gasteiger partial charge in [0.15, 0.2) is 0 Å². The van der Waals surface area contributed by atoms with Crippen LogP contribution in [-0.4, -0.2) is 39.3 Å². The second-order valence-corrected chi connectivity index (χ2v) is 4.95. The van der Waals surface area contributed by atoms with E-state index in [1.165, 1.54) is 20.3 Å². The van der Waals surface area contributed by atoms with Gasteiger partial charge in [-0.25, -0.2) is 0 Å². The van der Waals surface area contributed by atoms with Crippen molar-refractivity contribution in [2.75, 3.05) is 31.4 Å². The Balaban J connectivity index is 2.49. The Morgan fingerprint density at radius 3 is 2.29 bits per heavy atom. The minimum atomic E-state index is -4.69. The van der Waals surface area contributed by atoms with Crippen molar-refractivity contribution in [2.45, 2.75) is 18.6 Å². The van der Waals surface area contributed by atoms with Crippen molar-refractivity contribution >= 4 is 16.9 Å². The quantitative estimate of drug-likeness (QED) is 0.800. The smallest absolute Gasteiger partial charge is 0.416 e. The molecule has 2 N–H and O–H groups in total. The number of anilines is 2. The number of rotatable bonds is 4. The number of benzene rings is 1. The highest BCUT2D eigenvalue weighted by Gasteiger charge is 2.39. The maximum absolute atomic E-state index is 13.2. The highest BCUT2D eigenvalue weighted by Crippen LogP contribution is 2.44. The van der Waals surface area contributed by atoms with Gasteiger partial charge in [-0.1, -0.05) is 0 Å². The van der Waals surface area contributed by atoms with Gasteiger partial charge < -0.3 is 20.1 Å². The first-order chi connectivity index (χ1) is 11.0. The van der Waals surface area contributed by atoms with E-state index in [1.807, 2.05) is 5.32 Å².